The van der Waals surface area contributed by atoms with Gasteiger partial charge in [-0.25, -0.2) is 32.2 Å². The number of amides is 1. The topological polar surface area (TPSA) is 159 Å². The minimum atomic E-state index is -3.95. The van der Waals surface area contributed by atoms with Gasteiger partial charge >= 0.3 is 0 Å². The van der Waals surface area contributed by atoms with Crippen molar-refractivity contribution in [1.82, 2.24) is 19.4 Å². The van der Waals surface area contributed by atoms with Crippen LogP contribution in [0, 0.1) is 5.41 Å². The molecule has 3 aromatic rings. The van der Waals surface area contributed by atoms with E-state index in [1.807, 2.05) is 4.90 Å². The lowest BCUT2D eigenvalue weighted by Crippen LogP contribution is -2.40. The van der Waals surface area contributed by atoms with Crippen LogP contribution in [0.5, 0.6) is 0 Å². The van der Waals surface area contributed by atoms with Crippen molar-refractivity contribution in [3.8, 4) is 11.4 Å². The molecule has 1 saturated carbocycles. The molecule has 1 aliphatic carbocycles. The molecule has 0 unspecified atom stereocenters. The molecular weight excluding hydrogens is 558 g/mol. The summed E-state index contributed by atoms with van der Waals surface area (Å²) in [4.78, 5) is 30.4. The second kappa shape index (κ2) is 10.0. The fraction of sp³-hybridized carbons (Fsp3) is 0.538. The van der Waals surface area contributed by atoms with Crippen molar-refractivity contribution in [3.63, 3.8) is 0 Å². The average Bonchev–Trinajstić information content (AvgIpc) is 3.48. The maximum Gasteiger partial charge on any atom is 0.253 e. The lowest BCUT2D eigenvalue weighted by molar-refractivity contribution is -0.0223. The van der Waals surface area contributed by atoms with Gasteiger partial charge in [-0.2, -0.15) is 0 Å². The molecule has 15 heteroatoms. The monoisotopic (exact) mass is 590 g/mol. The number of halogens is 2. The summed E-state index contributed by atoms with van der Waals surface area (Å²) < 4.78 is 57.1. The quantitative estimate of drug-likeness (QED) is 0.358. The van der Waals surface area contributed by atoms with Gasteiger partial charge in [-0.05, 0) is 31.1 Å². The first-order chi connectivity index (χ1) is 19.5. The van der Waals surface area contributed by atoms with Gasteiger partial charge in [-0.15, -0.1) is 0 Å². The number of aromatic nitrogens is 4. The number of nitrogens with two attached hydrogens (primary N) is 1. The highest BCUT2D eigenvalue weighted by Crippen LogP contribution is 2.54. The summed E-state index contributed by atoms with van der Waals surface area (Å²) in [5, 5.41) is 9.23. The van der Waals surface area contributed by atoms with Crippen LogP contribution in [0.3, 0.4) is 0 Å². The molecule has 0 bridgehead atoms. The number of nitrogens with zero attached hydrogens (tertiary/aromatic N) is 6. The highest BCUT2D eigenvalue weighted by Gasteiger charge is 2.45. The van der Waals surface area contributed by atoms with Crippen LogP contribution in [0.15, 0.2) is 24.5 Å². The van der Waals surface area contributed by atoms with Crippen molar-refractivity contribution in [2.75, 3.05) is 53.1 Å². The van der Waals surface area contributed by atoms with E-state index in [0.717, 1.165) is 12.8 Å². The molecule has 2 aliphatic heterocycles. The first kappa shape index (κ1) is 27.6. The van der Waals surface area contributed by atoms with Gasteiger partial charge in [0.15, 0.2) is 0 Å². The minimum absolute atomic E-state index is 0.0515. The van der Waals surface area contributed by atoms with E-state index in [4.69, 9.17) is 10.7 Å². The number of fused-ring (bicyclic) bond motifs is 1. The molecule has 0 atom stereocenters. The number of imidazole rings is 1. The van der Waals surface area contributed by atoms with Crippen LogP contribution in [0.25, 0.3) is 17.0 Å². The summed E-state index contributed by atoms with van der Waals surface area (Å²) in [7, 11) is -3.95. The van der Waals surface area contributed by atoms with E-state index in [1.54, 1.807) is 27.8 Å². The lowest BCUT2D eigenvalue weighted by atomic mass is 9.92. The zero-order chi connectivity index (χ0) is 29.0. The summed E-state index contributed by atoms with van der Waals surface area (Å²) >= 11 is 0. The molecule has 1 spiro atoms. The van der Waals surface area contributed by atoms with Crippen molar-refractivity contribution >= 4 is 39.0 Å². The third-order valence-corrected chi connectivity index (χ3v) is 9.62. The van der Waals surface area contributed by atoms with Crippen LogP contribution >= 0.6 is 0 Å². The van der Waals surface area contributed by atoms with E-state index in [2.05, 4.69) is 14.7 Å². The highest BCUT2D eigenvalue weighted by atomic mass is 32.2. The molecule has 5 heterocycles. The summed E-state index contributed by atoms with van der Waals surface area (Å²) in [6.45, 7) is 0.862. The van der Waals surface area contributed by atoms with Crippen LogP contribution < -0.4 is 20.3 Å². The van der Waals surface area contributed by atoms with Crippen molar-refractivity contribution in [3.05, 3.63) is 30.1 Å². The number of piperidine rings is 2. The standard InChI is InChI=1S/C26H32F2N8O4S/c27-26(28)5-10-35(11-6-26)24-31-17(15-20-30-7-12-36(20)24)22-21(23(29)38)18(34-8-3-25(1-2-25)4-9-34)16-19(32-22)33-41(39,40)14-13-37/h7,12,15-16,37H,1-6,8-11,13-14H2,(H2,29,38)(H,32,33). The number of rotatable bonds is 8. The number of primary amides is 1. The average molecular weight is 591 g/mol. The summed E-state index contributed by atoms with van der Waals surface area (Å²) in [5.74, 6) is -3.76. The Balaban J connectivity index is 1.49. The third kappa shape index (κ3) is 5.52. The van der Waals surface area contributed by atoms with Crippen LogP contribution in [-0.2, 0) is 10.0 Å². The number of hydrogen-bond acceptors (Lipinski definition) is 9. The Bertz CT molecular complexity index is 1590. The Kier molecular flexibility index (Phi) is 6.76. The zero-order valence-electron chi connectivity index (χ0n) is 22.4. The maximum absolute atomic E-state index is 13.9. The summed E-state index contributed by atoms with van der Waals surface area (Å²) in [6, 6.07) is 3.09. The molecule has 2 saturated heterocycles. The molecule has 1 amide bonds. The third-order valence-electron chi connectivity index (χ3n) is 8.38. The number of alkyl halides is 2. The molecule has 0 radical (unpaired) electrons. The van der Waals surface area contributed by atoms with E-state index >= 15 is 0 Å². The normalized spacial score (nSPS) is 20.0. The number of nitrogens with one attached hydrogen (secondary N) is 1. The second-order valence-corrected chi connectivity index (χ2v) is 13.0. The van der Waals surface area contributed by atoms with Crippen LogP contribution in [0.1, 0.15) is 48.9 Å². The van der Waals surface area contributed by atoms with Crippen LogP contribution in [-0.4, -0.2) is 83.2 Å². The molecule has 41 heavy (non-hydrogen) atoms. The van der Waals surface area contributed by atoms with Gasteiger partial charge in [0.2, 0.25) is 16.0 Å². The fourth-order valence-electron chi connectivity index (χ4n) is 5.78. The molecule has 3 aliphatic rings. The molecular formula is C26H32F2N8O4S. The van der Waals surface area contributed by atoms with Gasteiger partial charge in [0, 0.05) is 63.5 Å². The number of carbonyl (C=O) groups is 1. The van der Waals surface area contributed by atoms with Gasteiger partial charge in [0.1, 0.15) is 17.2 Å². The summed E-state index contributed by atoms with van der Waals surface area (Å²) in [6.07, 6.45) is 6.80. The van der Waals surface area contributed by atoms with Crippen LogP contribution in [0.4, 0.5) is 26.2 Å². The maximum atomic E-state index is 13.9. The first-order valence-corrected chi connectivity index (χ1v) is 15.3. The molecule has 220 valence electrons. The Morgan fingerprint density at radius 2 is 1.71 bits per heavy atom. The number of sulfonamides is 1. The Labute approximate surface area is 235 Å². The molecule has 4 N–H and O–H groups in total. The largest absolute Gasteiger partial charge is 0.395 e. The van der Waals surface area contributed by atoms with E-state index in [9.17, 15) is 27.1 Å². The van der Waals surface area contributed by atoms with Crippen molar-refractivity contribution in [2.24, 2.45) is 11.1 Å². The lowest BCUT2D eigenvalue weighted by Gasteiger charge is -2.35. The van der Waals surface area contributed by atoms with Crippen molar-refractivity contribution in [2.45, 2.75) is 44.4 Å². The fourth-order valence-corrected chi connectivity index (χ4v) is 6.54. The van der Waals surface area contributed by atoms with E-state index in [0.29, 0.717) is 35.8 Å². The number of aliphatic hydroxyl groups excluding tert-OH is 1. The van der Waals surface area contributed by atoms with Crippen LogP contribution in [0.2, 0.25) is 0 Å². The summed E-state index contributed by atoms with van der Waals surface area (Å²) in [5.41, 5.74) is 7.50. The van der Waals surface area contributed by atoms with Gasteiger partial charge in [-0.1, -0.05) is 0 Å². The number of anilines is 3. The Hall–Kier alpha value is -3.59. The highest BCUT2D eigenvalue weighted by molar-refractivity contribution is 7.92. The van der Waals surface area contributed by atoms with Crippen molar-refractivity contribution in [1.29, 1.82) is 0 Å². The molecule has 6 rings (SSSR count). The number of hydrogen-bond donors (Lipinski definition) is 3. The van der Waals surface area contributed by atoms with E-state index in [-0.39, 0.29) is 48.7 Å². The second-order valence-electron chi connectivity index (χ2n) is 11.2. The van der Waals surface area contributed by atoms with Gasteiger partial charge in [-0.3, -0.25) is 13.9 Å². The number of aliphatic hydroxyl groups is 1. The first-order valence-electron chi connectivity index (χ1n) is 13.7. The molecule has 0 aromatic carbocycles. The van der Waals surface area contributed by atoms with Gasteiger partial charge < -0.3 is 20.6 Å². The van der Waals surface area contributed by atoms with Crippen molar-refractivity contribution < 1.29 is 27.1 Å². The number of pyridine rings is 1. The molecule has 3 fully saturated rings. The molecule has 3 aromatic heterocycles. The van der Waals surface area contributed by atoms with Gasteiger partial charge in [0.05, 0.1) is 29.3 Å². The van der Waals surface area contributed by atoms with E-state index < -0.39 is 34.2 Å². The number of carbonyl (C=O) groups excluding carboxylic acids is 1. The predicted octanol–water partition coefficient (Wildman–Crippen LogP) is 2.24. The van der Waals surface area contributed by atoms with E-state index in [1.165, 1.54) is 18.9 Å². The SMILES string of the molecule is NC(=O)c1c(N2CCC3(CC2)CC3)cc(NS(=O)(=O)CCO)nc1-c1cc2nccn2c(N2CCC(F)(F)CC2)n1. The zero-order valence-corrected chi connectivity index (χ0v) is 23.2. The Morgan fingerprint density at radius 1 is 1.02 bits per heavy atom. The molecule has 12 nitrogen and oxygen atoms in total. The van der Waals surface area contributed by atoms with Gasteiger partial charge in [0.25, 0.3) is 11.8 Å². The minimum Gasteiger partial charge on any atom is -0.395 e. The Morgan fingerprint density at radius 3 is 2.34 bits per heavy atom. The smallest absolute Gasteiger partial charge is 0.253 e. The predicted molar refractivity (Wildman–Crippen MR) is 149 cm³/mol.